The van der Waals surface area contributed by atoms with Gasteiger partial charge in [-0.1, -0.05) is 12.1 Å². The first-order chi connectivity index (χ1) is 11.0. The van der Waals surface area contributed by atoms with Crippen LogP contribution >= 0.6 is 0 Å². The Morgan fingerprint density at radius 2 is 1.74 bits per heavy atom. The van der Waals surface area contributed by atoms with E-state index >= 15 is 0 Å². The maximum absolute atomic E-state index is 13.3. The predicted molar refractivity (Wildman–Crippen MR) is 81.4 cm³/mol. The Morgan fingerprint density at radius 3 is 2.43 bits per heavy atom. The summed E-state index contributed by atoms with van der Waals surface area (Å²) in [6.45, 7) is 0.596. The van der Waals surface area contributed by atoms with Crippen LogP contribution in [0.2, 0.25) is 0 Å². The zero-order valence-corrected chi connectivity index (χ0v) is 12.8. The van der Waals surface area contributed by atoms with Gasteiger partial charge in [0.1, 0.15) is 5.84 Å². The predicted octanol–water partition coefficient (Wildman–Crippen LogP) is 4.76. The van der Waals surface area contributed by atoms with Crippen LogP contribution in [0.1, 0.15) is 43.2 Å². The van der Waals surface area contributed by atoms with Crippen LogP contribution in [0.5, 0.6) is 0 Å². The van der Waals surface area contributed by atoms with Gasteiger partial charge in [-0.25, -0.2) is 4.99 Å². The molecule has 2 atom stereocenters. The fourth-order valence-electron chi connectivity index (χ4n) is 5.45. The van der Waals surface area contributed by atoms with Crippen LogP contribution in [0.3, 0.4) is 0 Å². The number of amidine groups is 1. The van der Waals surface area contributed by atoms with E-state index in [0.717, 1.165) is 36.1 Å². The first kappa shape index (κ1) is 13.9. The molecule has 2 nitrogen and oxygen atoms in total. The lowest BCUT2D eigenvalue weighted by atomic mass is 9.68. The van der Waals surface area contributed by atoms with E-state index in [2.05, 4.69) is 9.89 Å². The van der Waals surface area contributed by atoms with Gasteiger partial charge in [-0.3, -0.25) is 0 Å². The molecule has 5 heteroatoms. The standard InChI is InChI=1S/C18H19F3N2/c19-18(20,21)15-3-1-2-12-9-23-14-7-10-4-11(8-14)6-13(5-10)17(23)22-16(12)15/h1-3,10-11,13-14H,4-9H2. The number of halogens is 3. The Kier molecular flexibility index (Phi) is 2.73. The summed E-state index contributed by atoms with van der Waals surface area (Å²) in [6.07, 6.45) is 1.60. The third kappa shape index (κ3) is 2.05. The molecule has 6 rings (SSSR count). The number of benzene rings is 1. The highest BCUT2D eigenvalue weighted by atomic mass is 19.4. The van der Waals surface area contributed by atoms with Gasteiger partial charge in [0.25, 0.3) is 0 Å². The fourth-order valence-corrected chi connectivity index (χ4v) is 5.45. The van der Waals surface area contributed by atoms with Gasteiger partial charge in [-0.15, -0.1) is 0 Å². The number of para-hydroxylation sites is 1. The van der Waals surface area contributed by atoms with Crippen LogP contribution in [0.25, 0.3) is 0 Å². The van der Waals surface area contributed by atoms with E-state index in [0.29, 0.717) is 18.5 Å². The Hall–Kier alpha value is -1.52. The monoisotopic (exact) mass is 320 g/mol. The molecule has 2 unspecified atom stereocenters. The molecule has 2 aliphatic carbocycles. The van der Waals surface area contributed by atoms with Crippen molar-refractivity contribution in [2.75, 3.05) is 0 Å². The molecule has 5 aliphatic rings. The minimum absolute atomic E-state index is 0.174. The van der Waals surface area contributed by atoms with Crippen molar-refractivity contribution in [3.05, 3.63) is 29.3 Å². The van der Waals surface area contributed by atoms with Gasteiger partial charge in [0.2, 0.25) is 0 Å². The summed E-state index contributed by atoms with van der Waals surface area (Å²) in [5.41, 5.74) is 0.323. The average molecular weight is 320 g/mol. The van der Waals surface area contributed by atoms with E-state index in [9.17, 15) is 13.2 Å². The van der Waals surface area contributed by atoms with E-state index in [1.54, 1.807) is 6.07 Å². The van der Waals surface area contributed by atoms with Crippen molar-refractivity contribution in [3.8, 4) is 0 Å². The lowest BCUT2D eigenvalue weighted by Gasteiger charge is -2.39. The Morgan fingerprint density at radius 1 is 1.00 bits per heavy atom. The van der Waals surface area contributed by atoms with Crippen molar-refractivity contribution in [1.82, 2.24) is 4.90 Å². The smallest absolute Gasteiger partial charge is 0.352 e. The molecule has 1 aromatic rings. The number of hydrogen-bond donors (Lipinski definition) is 0. The lowest BCUT2D eigenvalue weighted by Crippen LogP contribution is -2.42. The van der Waals surface area contributed by atoms with Gasteiger partial charge in [0.05, 0.1) is 11.3 Å². The SMILES string of the molecule is FC(F)(F)c1cccc2c1N=C1C3CC4CC(C3)CC(C4)N1C2. The second-order valence-electron chi connectivity index (χ2n) is 7.67. The molecule has 1 aromatic carbocycles. The van der Waals surface area contributed by atoms with Gasteiger partial charge in [-0.05, 0) is 55.6 Å². The molecule has 3 aliphatic heterocycles. The first-order valence-corrected chi connectivity index (χ1v) is 8.53. The highest BCUT2D eigenvalue weighted by Gasteiger charge is 2.47. The minimum Gasteiger partial charge on any atom is -0.352 e. The molecule has 4 bridgehead atoms. The molecule has 122 valence electrons. The van der Waals surface area contributed by atoms with Crippen molar-refractivity contribution in [3.63, 3.8) is 0 Å². The molecule has 2 saturated carbocycles. The van der Waals surface area contributed by atoms with Gasteiger partial charge in [0.15, 0.2) is 0 Å². The Balaban J connectivity index is 1.65. The number of fused-ring (bicyclic) bond motifs is 1. The van der Waals surface area contributed by atoms with Gasteiger partial charge < -0.3 is 4.90 Å². The fraction of sp³-hybridized carbons (Fsp3) is 0.611. The minimum atomic E-state index is -4.33. The molecular weight excluding hydrogens is 301 g/mol. The molecule has 0 aromatic heterocycles. The number of aliphatic imine (C=N–C) groups is 1. The lowest BCUT2D eigenvalue weighted by molar-refractivity contribution is -0.137. The van der Waals surface area contributed by atoms with Crippen molar-refractivity contribution in [1.29, 1.82) is 0 Å². The molecule has 0 spiro atoms. The van der Waals surface area contributed by atoms with Crippen molar-refractivity contribution >= 4 is 11.5 Å². The maximum Gasteiger partial charge on any atom is 0.418 e. The quantitative estimate of drug-likeness (QED) is 0.673. The van der Waals surface area contributed by atoms with Crippen LogP contribution in [0.15, 0.2) is 23.2 Å². The second-order valence-corrected chi connectivity index (χ2v) is 7.67. The summed E-state index contributed by atoms with van der Waals surface area (Å²) in [5.74, 6) is 2.80. The van der Waals surface area contributed by atoms with Gasteiger partial charge in [0, 0.05) is 18.5 Å². The largest absolute Gasteiger partial charge is 0.418 e. The maximum atomic E-state index is 13.3. The van der Waals surface area contributed by atoms with Gasteiger partial charge in [-0.2, -0.15) is 13.2 Å². The van der Waals surface area contributed by atoms with Gasteiger partial charge >= 0.3 is 6.18 Å². The van der Waals surface area contributed by atoms with E-state index in [-0.39, 0.29) is 5.69 Å². The summed E-state index contributed by atoms with van der Waals surface area (Å²) in [7, 11) is 0. The molecule has 23 heavy (non-hydrogen) atoms. The van der Waals surface area contributed by atoms with Crippen LogP contribution in [0.4, 0.5) is 18.9 Å². The van der Waals surface area contributed by atoms with Crippen molar-refractivity contribution in [2.24, 2.45) is 22.7 Å². The average Bonchev–Trinajstić information content (AvgIpc) is 2.66. The second kappa shape index (κ2) is 4.52. The van der Waals surface area contributed by atoms with Crippen molar-refractivity contribution in [2.45, 2.75) is 50.9 Å². The summed E-state index contributed by atoms with van der Waals surface area (Å²) in [5, 5.41) is 0. The van der Waals surface area contributed by atoms with Crippen LogP contribution < -0.4 is 0 Å². The van der Waals surface area contributed by atoms with Crippen LogP contribution in [0, 0.1) is 17.8 Å². The normalized spacial score (nSPS) is 34.7. The number of rotatable bonds is 0. The number of hydrogen-bond acceptors (Lipinski definition) is 2. The van der Waals surface area contributed by atoms with E-state index in [1.807, 2.05) is 0 Å². The first-order valence-electron chi connectivity index (χ1n) is 8.53. The van der Waals surface area contributed by atoms with Crippen LogP contribution in [-0.2, 0) is 12.7 Å². The van der Waals surface area contributed by atoms with Crippen LogP contribution in [-0.4, -0.2) is 16.8 Å². The third-order valence-corrected chi connectivity index (χ3v) is 6.21. The molecule has 3 heterocycles. The topological polar surface area (TPSA) is 15.6 Å². The Labute approximate surface area is 133 Å². The Bertz CT molecular complexity index is 680. The number of alkyl halides is 3. The van der Waals surface area contributed by atoms with Crippen molar-refractivity contribution < 1.29 is 13.2 Å². The van der Waals surface area contributed by atoms with E-state index in [1.165, 1.54) is 31.4 Å². The zero-order valence-electron chi connectivity index (χ0n) is 12.8. The van der Waals surface area contributed by atoms with E-state index < -0.39 is 11.7 Å². The number of nitrogens with zero attached hydrogens (tertiary/aromatic N) is 2. The van der Waals surface area contributed by atoms with E-state index in [4.69, 9.17) is 0 Å². The highest BCUT2D eigenvalue weighted by Crippen LogP contribution is 2.51. The third-order valence-electron chi connectivity index (χ3n) is 6.21. The highest BCUT2D eigenvalue weighted by molar-refractivity contribution is 5.90. The summed E-state index contributed by atoms with van der Waals surface area (Å²) >= 11 is 0. The zero-order chi connectivity index (χ0) is 15.8. The molecular formula is C18H19F3N2. The summed E-state index contributed by atoms with van der Waals surface area (Å²) in [6, 6.07) is 4.97. The molecule has 0 N–H and O–H groups in total. The molecule has 0 amide bonds. The summed E-state index contributed by atoms with van der Waals surface area (Å²) in [4.78, 5) is 6.95. The summed E-state index contributed by atoms with van der Waals surface area (Å²) < 4.78 is 40.0. The molecule has 4 fully saturated rings. The molecule has 2 saturated heterocycles. The molecule has 0 radical (unpaired) electrons.